The van der Waals surface area contributed by atoms with Crippen LogP contribution in [0.3, 0.4) is 0 Å². The Morgan fingerprint density at radius 2 is 1.76 bits per heavy atom. The summed E-state index contributed by atoms with van der Waals surface area (Å²) in [6, 6.07) is 6.26. The number of ether oxygens (including phenoxy) is 1. The Balaban J connectivity index is 1.99. The van der Waals surface area contributed by atoms with Crippen LogP contribution in [-0.4, -0.2) is 87.9 Å². The van der Waals surface area contributed by atoms with E-state index >= 15 is 0 Å². The van der Waals surface area contributed by atoms with Crippen LogP contribution in [0.4, 0.5) is 0 Å². The Morgan fingerprint density at radius 3 is 2.31 bits per heavy atom. The highest BCUT2D eigenvalue weighted by Crippen LogP contribution is 2.18. The van der Waals surface area contributed by atoms with Crippen molar-refractivity contribution in [1.82, 2.24) is 15.1 Å². The van der Waals surface area contributed by atoms with Gasteiger partial charge in [0.05, 0.1) is 18.4 Å². The molecule has 1 unspecified atom stereocenters. The van der Waals surface area contributed by atoms with Gasteiger partial charge in [0.25, 0.3) is 5.91 Å². The smallest absolute Gasteiger partial charge is 0.255 e. The molecule has 1 aromatic carbocycles. The Morgan fingerprint density at radius 1 is 1.14 bits per heavy atom. The highest BCUT2D eigenvalue weighted by atomic mass is 32.2. The van der Waals surface area contributed by atoms with Gasteiger partial charge in [-0.2, -0.15) is 0 Å². The predicted molar refractivity (Wildman–Crippen MR) is 112 cm³/mol. The van der Waals surface area contributed by atoms with Gasteiger partial charge in [0.1, 0.15) is 21.6 Å². The van der Waals surface area contributed by atoms with E-state index in [1.807, 2.05) is 18.7 Å². The van der Waals surface area contributed by atoms with Crippen molar-refractivity contribution in [3.05, 3.63) is 29.8 Å². The molecule has 1 atom stereocenters. The van der Waals surface area contributed by atoms with Crippen LogP contribution in [0.25, 0.3) is 0 Å². The summed E-state index contributed by atoms with van der Waals surface area (Å²) in [5, 5.41) is 2.86. The standard InChI is InChI=1S/C20H31N3O5S/c1-15(2)18(21-19(24)16-7-5-6-8-17(16)28-3)20(25)23-11-9-22(10-12-23)13-14-29(4,26)27/h5-8,15,18H,9-14H2,1-4H3,(H,21,24). The third-order valence-corrected chi connectivity index (χ3v) is 5.96. The van der Waals surface area contributed by atoms with E-state index in [1.54, 1.807) is 29.2 Å². The summed E-state index contributed by atoms with van der Waals surface area (Å²) in [5.74, 6) is 0.0287. The molecule has 0 aromatic heterocycles. The van der Waals surface area contributed by atoms with Gasteiger partial charge in [0, 0.05) is 39.0 Å². The number of rotatable bonds is 8. The first-order valence-corrected chi connectivity index (χ1v) is 11.8. The maximum atomic E-state index is 13.1. The van der Waals surface area contributed by atoms with Gasteiger partial charge in [-0.15, -0.1) is 0 Å². The Labute approximate surface area is 173 Å². The van der Waals surface area contributed by atoms with E-state index in [9.17, 15) is 18.0 Å². The lowest BCUT2D eigenvalue weighted by Crippen LogP contribution is -2.56. The first-order valence-electron chi connectivity index (χ1n) is 9.75. The number of benzene rings is 1. The quantitative estimate of drug-likeness (QED) is 0.657. The fraction of sp³-hybridized carbons (Fsp3) is 0.600. The molecule has 1 heterocycles. The molecule has 162 valence electrons. The molecule has 1 aliphatic heterocycles. The fourth-order valence-corrected chi connectivity index (χ4v) is 3.84. The van der Waals surface area contributed by atoms with Crippen LogP contribution in [0.15, 0.2) is 24.3 Å². The molecule has 1 saturated heterocycles. The number of nitrogens with one attached hydrogen (secondary N) is 1. The van der Waals surface area contributed by atoms with Crippen LogP contribution < -0.4 is 10.1 Å². The molecule has 0 spiro atoms. The topological polar surface area (TPSA) is 96.0 Å². The third kappa shape index (κ3) is 6.71. The van der Waals surface area contributed by atoms with Crippen molar-refractivity contribution in [1.29, 1.82) is 0 Å². The van der Waals surface area contributed by atoms with Gasteiger partial charge in [-0.25, -0.2) is 8.42 Å². The van der Waals surface area contributed by atoms with Gasteiger partial charge >= 0.3 is 0 Å². The van der Waals surface area contributed by atoms with E-state index in [0.29, 0.717) is 44.0 Å². The number of piperazine rings is 1. The fourth-order valence-electron chi connectivity index (χ4n) is 3.25. The summed E-state index contributed by atoms with van der Waals surface area (Å²) < 4.78 is 27.9. The van der Waals surface area contributed by atoms with E-state index in [1.165, 1.54) is 13.4 Å². The molecule has 0 bridgehead atoms. The molecule has 2 rings (SSSR count). The number of para-hydroxylation sites is 1. The number of hydrogen-bond donors (Lipinski definition) is 1. The zero-order valence-electron chi connectivity index (χ0n) is 17.6. The van der Waals surface area contributed by atoms with Crippen LogP contribution in [0, 0.1) is 5.92 Å². The molecule has 0 saturated carbocycles. The second kappa shape index (κ2) is 10.1. The van der Waals surface area contributed by atoms with Crippen LogP contribution in [0.1, 0.15) is 24.2 Å². The highest BCUT2D eigenvalue weighted by molar-refractivity contribution is 7.90. The minimum absolute atomic E-state index is 0.0792. The molecule has 1 N–H and O–H groups in total. The van der Waals surface area contributed by atoms with Gasteiger partial charge < -0.3 is 15.0 Å². The summed E-state index contributed by atoms with van der Waals surface area (Å²) >= 11 is 0. The van der Waals surface area contributed by atoms with E-state index in [2.05, 4.69) is 5.32 Å². The number of sulfone groups is 1. The predicted octanol–water partition coefficient (Wildman–Crippen LogP) is 0.638. The first-order chi connectivity index (χ1) is 13.6. The molecule has 9 heteroatoms. The summed E-state index contributed by atoms with van der Waals surface area (Å²) in [7, 11) is -1.50. The minimum atomic E-state index is -3.00. The number of carbonyl (C=O) groups excluding carboxylic acids is 2. The van der Waals surface area contributed by atoms with Gasteiger partial charge in [-0.1, -0.05) is 26.0 Å². The first kappa shape index (κ1) is 23.2. The Hall–Kier alpha value is -2.13. The molecule has 1 fully saturated rings. The largest absolute Gasteiger partial charge is 0.496 e. The second-order valence-electron chi connectivity index (χ2n) is 7.69. The second-order valence-corrected chi connectivity index (χ2v) is 9.95. The molecule has 2 amide bonds. The van der Waals surface area contributed by atoms with Crippen LogP contribution >= 0.6 is 0 Å². The van der Waals surface area contributed by atoms with Crippen molar-refractivity contribution >= 4 is 21.7 Å². The Kier molecular flexibility index (Phi) is 8.04. The van der Waals surface area contributed by atoms with Gasteiger partial charge in [0.2, 0.25) is 5.91 Å². The number of nitrogens with zero attached hydrogens (tertiary/aromatic N) is 2. The van der Waals surface area contributed by atoms with Crippen LogP contribution in [-0.2, 0) is 14.6 Å². The van der Waals surface area contributed by atoms with Crippen molar-refractivity contribution in [2.24, 2.45) is 5.92 Å². The molecule has 1 aromatic rings. The van der Waals surface area contributed by atoms with Crippen molar-refractivity contribution in [3.8, 4) is 5.75 Å². The van der Waals surface area contributed by atoms with Crippen LogP contribution in [0.5, 0.6) is 5.75 Å². The van der Waals surface area contributed by atoms with Crippen molar-refractivity contribution in [2.45, 2.75) is 19.9 Å². The number of amides is 2. The van der Waals surface area contributed by atoms with E-state index < -0.39 is 15.9 Å². The maximum absolute atomic E-state index is 13.1. The van der Waals surface area contributed by atoms with Crippen molar-refractivity contribution in [2.75, 3.05) is 51.8 Å². The normalized spacial score (nSPS) is 16.5. The molecule has 1 aliphatic rings. The molecule has 8 nitrogen and oxygen atoms in total. The summed E-state index contributed by atoms with van der Waals surface area (Å²) in [5.41, 5.74) is 0.388. The zero-order valence-corrected chi connectivity index (χ0v) is 18.4. The molecule has 0 aliphatic carbocycles. The van der Waals surface area contributed by atoms with E-state index in [-0.39, 0.29) is 23.5 Å². The molecule has 0 radical (unpaired) electrons. The minimum Gasteiger partial charge on any atom is -0.496 e. The monoisotopic (exact) mass is 425 g/mol. The summed E-state index contributed by atoms with van der Waals surface area (Å²) in [6.07, 6.45) is 1.23. The highest BCUT2D eigenvalue weighted by Gasteiger charge is 2.31. The summed E-state index contributed by atoms with van der Waals surface area (Å²) in [6.45, 7) is 6.52. The maximum Gasteiger partial charge on any atom is 0.255 e. The number of methoxy groups -OCH3 is 1. The average Bonchev–Trinajstić information content (AvgIpc) is 2.69. The third-order valence-electron chi connectivity index (χ3n) is 5.03. The van der Waals surface area contributed by atoms with Gasteiger partial charge in [-0.05, 0) is 18.1 Å². The van der Waals surface area contributed by atoms with Crippen molar-refractivity contribution < 1.29 is 22.7 Å². The zero-order chi connectivity index (χ0) is 21.6. The number of carbonyl (C=O) groups is 2. The molecule has 29 heavy (non-hydrogen) atoms. The average molecular weight is 426 g/mol. The Bertz CT molecular complexity index is 817. The number of hydrogen-bond acceptors (Lipinski definition) is 6. The lowest BCUT2D eigenvalue weighted by molar-refractivity contribution is -0.136. The van der Waals surface area contributed by atoms with E-state index in [0.717, 1.165) is 0 Å². The SMILES string of the molecule is COc1ccccc1C(=O)NC(C(=O)N1CCN(CCS(C)(=O)=O)CC1)C(C)C. The summed E-state index contributed by atoms with van der Waals surface area (Å²) in [4.78, 5) is 29.6. The lowest BCUT2D eigenvalue weighted by atomic mass is 10.0. The van der Waals surface area contributed by atoms with E-state index in [4.69, 9.17) is 4.74 Å². The van der Waals surface area contributed by atoms with Crippen LogP contribution in [0.2, 0.25) is 0 Å². The molecular weight excluding hydrogens is 394 g/mol. The lowest BCUT2D eigenvalue weighted by Gasteiger charge is -2.37. The van der Waals surface area contributed by atoms with Gasteiger partial charge in [-0.3, -0.25) is 14.5 Å². The molecular formula is C20H31N3O5S. The van der Waals surface area contributed by atoms with Gasteiger partial charge in [0.15, 0.2) is 0 Å². The van der Waals surface area contributed by atoms with Crippen molar-refractivity contribution in [3.63, 3.8) is 0 Å².